The Morgan fingerprint density at radius 1 is 1.21 bits per heavy atom. The summed E-state index contributed by atoms with van der Waals surface area (Å²) < 4.78 is 20.4. The van der Waals surface area contributed by atoms with Crippen molar-refractivity contribution in [3.05, 3.63) is 24.0 Å². The molecule has 2 saturated heterocycles. The maximum absolute atomic E-state index is 15.2. The summed E-state index contributed by atoms with van der Waals surface area (Å²) in [6, 6.07) is 4.99. The first-order valence-corrected chi connectivity index (χ1v) is 12.2. The van der Waals surface area contributed by atoms with E-state index in [4.69, 9.17) is 4.74 Å². The summed E-state index contributed by atoms with van der Waals surface area (Å²) in [5, 5.41) is 9.81. The van der Waals surface area contributed by atoms with E-state index in [-0.39, 0.29) is 24.2 Å². The van der Waals surface area contributed by atoms with Gasteiger partial charge >= 0.3 is 6.09 Å². The molecule has 2 aliphatic heterocycles. The molecule has 182 valence electrons. The molecule has 1 aliphatic carbocycles. The lowest BCUT2D eigenvalue weighted by atomic mass is 9.78. The molecule has 0 bridgehead atoms. The van der Waals surface area contributed by atoms with Crippen LogP contribution in [0.1, 0.15) is 58.8 Å². The van der Waals surface area contributed by atoms with Crippen molar-refractivity contribution in [2.24, 2.45) is 5.41 Å². The van der Waals surface area contributed by atoms with Gasteiger partial charge in [-0.05, 0) is 77.0 Å². The summed E-state index contributed by atoms with van der Waals surface area (Å²) in [5.41, 5.74) is 0.434. The summed E-state index contributed by atoms with van der Waals surface area (Å²) in [4.78, 5) is 31.0. The van der Waals surface area contributed by atoms with Gasteiger partial charge in [-0.1, -0.05) is 0 Å². The second-order valence-corrected chi connectivity index (χ2v) is 10.1. The molecule has 0 unspecified atom stereocenters. The molecule has 1 spiro atoms. The first-order chi connectivity index (χ1) is 15.7. The van der Waals surface area contributed by atoms with Gasteiger partial charge in [-0.25, -0.2) is 9.18 Å². The van der Waals surface area contributed by atoms with Crippen molar-refractivity contribution in [2.75, 3.05) is 36.5 Å². The monoisotopic (exact) mass is 461 g/mol. The van der Waals surface area contributed by atoms with Gasteiger partial charge in [-0.15, -0.1) is 0 Å². The molecule has 0 aromatic heterocycles. The molecule has 2 heterocycles. The van der Waals surface area contributed by atoms with Gasteiger partial charge in [-0.3, -0.25) is 9.69 Å². The van der Waals surface area contributed by atoms with Gasteiger partial charge in [0, 0.05) is 38.4 Å². The van der Waals surface area contributed by atoms with E-state index >= 15 is 4.39 Å². The van der Waals surface area contributed by atoms with Gasteiger partial charge in [0.25, 0.3) is 0 Å². The van der Waals surface area contributed by atoms with Crippen LogP contribution in [-0.4, -0.2) is 66.9 Å². The van der Waals surface area contributed by atoms with E-state index in [0.717, 1.165) is 51.5 Å². The van der Waals surface area contributed by atoms with Crippen molar-refractivity contribution < 1.29 is 23.8 Å². The van der Waals surface area contributed by atoms with E-state index in [1.807, 2.05) is 9.80 Å². The van der Waals surface area contributed by atoms with Crippen LogP contribution in [0, 0.1) is 11.2 Å². The number of anilines is 2. The highest BCUT2D eigenvalue weighted by atomic mass is 19.1. The van der Waals surface area contributed by atoms with Crippen LogP contribution in [0.5, 0.6) is 0 Å². The summed E-state index contributed by atoms with van der Waals surface area (Å²) >= 11 is 0. The summed E-state index contributed by atoms with van der Waals surface area (Å²) in [6.45, 7) is 5.50. The third-order valence-electron chi connectivity index (χ3n) is 7.50. The molecule has 1 aromatic carbocycles. The number of aliphatic hydroxyl groups excluding tert-OH is 1. The van der Waals surface area contributed by atoms with Gasteiger partial charge in [0.05, 0.1) is 23.3 Å². The van der Waals surface area contributed by atoms with E-state index in [9.17, 15) is 14.7 Å². The van der Waals surface area contributed by atoms with Gasteiger partial charge in [0.1, 0.15) is 5.82 Å². The average molecular weight is 462 g/mol. The first-order valence-electron chi connectivity index (χ1n) is 12.2. The third-order valence-corrected chi connectivity index (χ3v) is 7.50. The molecule has 3 fully saturated rings. The van der Waals surface area contributed by atoms with Crippen LogP contribution >= 0.6 is 0 Å². The van der Waals surface area contributed by atoms with E-state index in [1.165, 1.54) is 11.0 Å². The summed E-state index contributed by atoms with van der Waals surface area (Å²) in [5.74, 6) is -0.209. The molecular formula is C25H36FN3O4. The van der Waals surface area contributed by atoms with Crippen molar-refractivity contribution in [2.45, 2.75) is 77.0 Å². The fraction of sp³-hybridized carbons (Fsp3) is 0.680. The van der Waals surface area contributed by atoms with E-state index in [1.54, 1.807) is 33.0 Å². The molecule has 1 aromatic rings. The minimum Gasteiger partial charge on any atom is -0.446 e. The van der Waals surface area contributed by atoms with Crippen molar-refractivity contribution in [3.63, 3.8) is 0 Å². The Morgan fingerprint density at radius 2 is 1.94 bits per heavy atom. The quantitative estimate of drug-likeness (QED) is 0.736. The molecule has 1 N–H and O–H groups in total. The SMILES string of the molecule is CC(C)OC(=O)N(C)c1ccc(N2CCC[C@@]3(CCN([C@H]4CC[C@H](O)CC4)C3=O)C2)c(F)c1. The number of halogens is 1. The standard InChI is InChI=1S/C25H36FN3O4/c1-17(2)33-24(32)27(3)19-7-10-22(21(26)15-19)28-13-4-11-25(16-28)12-14-29(23(25)31)18-5-8-20(30)9-6-18/h7,10,15,17-18,20,30H,4-6,8-9,11-14,16H2,1-3H3/t18-,20-,25-/m1/s1. The van der Waals surface area contributed by atoms with Crippen LogP contribution in [0.2, 0.25) is 0 Å². The molecule has 33 heavy (non-hydrogen) atoms. The Kier molecular flexibility index (Phi) is 6.84. The second-order valence-electron chi connectivity index (χ2n) is 10.1. The Balaban J connectivity index is 1.46. The zero-order valence-corrected chi connectivity index (χ0v) is 19.9. The van der Waals surface area contributed by atoms with E-state index in [2.05, 4.69) is 0 Å². The predicted octanol–water partition coefficient (Wildman–Crippen LogP) is 3.93. The number of ether oxygens (including phenoxy) is 1. The highest BCUT2D eigenvalue weighted by molar-refractivity contribution is 5.88. The molecule has 3 aliphatic rings. The minimum absolute atomic E-state index is 0.196. The molecule has 2 amide bonds. The third kappa shape index (κ3) is 4.81. The smallest absolute Gasteiger partial charge is 0.414 e. The van der Waals surface area contributed by atoms with Crippen molar-refractivity contribution >= 4 is 23.4 Å². The number of nitrogens with zero attached hydrogens (tertiary/aromatic N) is 3. The zero-order chi connectivity index (χ0) is 23.8. The lowest BCUT2D eigenvalue weighted by molar-refractivity contribution is -0.139. The Morgan fingerprint density at radius 3 is 2.61 bits per heavy atom. The van der Waals surface area contributed by atoms with Crippen LogP contribution < -0.4 is 9.80 Å². The molecule has 4 rings (SSSR count). The molecule has 1 saturated carbocycles. The fourth-order valence-electron chi connectivity index (χ4n) is 5.63. The minimum atomic E-state index is -0.527. The van der Waals surface area contributed by atoms with Gasteiger partial charge in [0.15, 0.2) is 0 Å². The largest absolute Gasteiger partial charge is 0.446 e. The number of aliphatic hydroxyl groups is 1. The topological polar surface area (TPSA) is 73.3 Å². The summed E-state index contributed by atoms with van der Waals surface area (Å²) in [7, 11) is 1.56. The van der Waals surface area contributed by atoms with E-state index < -0.39 is 17.3 Å². The van der Waals surface area contributed by atoms with Crippen LogP contribution in [0.4, 0.5) is 20.6 Å². The van der Waals surface area contributed by atoms with Gasteiger partial charge < -0.3 is 19.6 Å². The highest BCUT2D eigenvalue weighted by Gasteiger charge is 2.50. The number of carbonyl (C=O) groups excluding carboxylic acids is 2. The number of rotatable bonds is 4. The number of likely N-dealkylation sites (tertiary alicyclic amines) is 1. The van der Waals surface area contributed by atoms with Gasteiger partial charge in [0.2, 0.25) is 5.91 Å². The number of amides is 2. The molecular weight excluding hydrogens is 425 g/mol. The van der Waals surface area contributed by atoms with Crippen LogP contribution in [0.3, 0.4) is 0 Å². The fourth-order valence-corrected chi connectivity index (χ4v) is 5.63. The number of carbonyl (C=O) groups is 2. The molecule has 7 nitrogen and oxygen atoms in total. The Bertz CT molecular complexity index is 886. The van der Waals surface area contributed by atoms with Crippen molar-refractivity contribution in [1.29, 1.82) is 0 Å². The highest BCUT2D eigenvalue weighted by Crippen LogP contribution is 2.44. The number of hydrogen-bond donors (Lipinski definition) is 1. The molecule has 8 heteroatoms. The Labute approximate surface area is 195 Å². The maximum atomic E-state index is 15.2. The van der Waals surface area contributed by atoms with Crippen LogP contribution in [-0.2, 0) is 9.53 Å². The van der Waals surface area contributed by atoms with Crippen molar-refractivity contribution in [3.8, 4) is 0 Å². The van der Waals surface area contributed by atoms with Crippen LogP contribution in [0.25, 0.3) is 0 Å². The number of piperidine rings is 1. The first kappa shape index (κ1) is 23.8. The Hall–Kier alpha value is -2.35. The van der Waals surface area contributed by atoms with E-state index in [0.29, 0.717) is 24.5 Å². The number of benzene rings is 1. The summed E-state index contributed by atoms with van der Waals surface area (Å²) in [6.07, 6.45) is 4.67. The average Bonchev–Trinajstić information content (AvgIpc) is 3.08. The van der Waals surface area contributed by atoms with Crippen LogP contribution in [0.15, 0.2) is 18.2 Å². The zero-order valence-electron chi connectivity index (χ0n) is 19.9. The normalized spacial score (nSPS) is 28.0. The van der Waals surface area contributed by atoms with Crippen molar-refractivity contribution in [1.82, 2.24) is 4.90 Å². The lowest BCUT2D eigenvalue weighted by Crippen LogP contribution is -2.50. The lowest BCUT2D eigenvalue weighted by Gasteiger charge is -2.41. The predicted molar refractivity (Wildman–Crippen MR) is 125 cm³/mol. The maximum Gasteiger partial charge on any atom is 0.414 e. The second kappa shape index (κ2) is 9.49. The molecule has 1 atom stereocenters. The van der Waals surface area contributed by atoms with Gasteiger partial charge in [-0.2, -0.15) is 0 Å². The number of hydrogen-bond acceptors (Lipinski definition) is 5. The molecule has 0 radical (unpaired) electrons.